The van der Waals surface area contributed by atoms with E-state index in [1.165, 1.54) is 5.56 Å². The molecule has 1 aliphatic carbocycles. The van der Waals surface area contributed by atoms with Crippen LogP contribution >= 0.6 is 11.6 Å². The van der Waals surface area contributed by atoms with E-state index in [-0.39, 0.29) is 17.2 Å². The van der Waals surface area contributed by atoms with Crippen LogP contribution in [0, 0.1) is 17.8 Å². The van der Waals surface area contributed by atoms with E-state index in [4.69, 9.17) is 11.6 Å². The van der Waals surface area contributed by atoms with Gasteiger partial charge in [-0.1, -0.05) is 50.6 Å². The van der Waals surface area contributed by atoms with E-state index in [9.17, 15) is 9.59 Å². The molecule has 0 radical (unpaired) electrons. The molecule has 1 saturated heterocycles. The first kappa shape index (κ1) is 19.9. The quantitative estimate of drug-likeness (QED) is 0.779. The first-order valence-corrected chi connectivity index (χ1v) is 10.4. The van der Waals surface area contributed by atoms with Crippen molar-refractivity contribution in [1.82, 2.24) is 15.2 Å². The molecule has 1 aromatic heterocycles. The lowest BCUT2D eigenvalue weighted by molar-refractivity contribution is 0.0765. The maximum absolute atomic E-state index is 12.8. The van der Waals surface area contributed by atoms with Crippen LogP contribution in [0.5, 0.6) is 0 Å². The molecule has 1 aliphatic heterocycles. The van der Waals surface area contributed by atoms with Gasteiger partial charge in [0.1, 0.15) is 10.8 Å². The second kappa shape index (κ2) is 7.45. The summed E-state index contributed by atoms with van der Waals surface area (Å²) in [5.74, 6) is 1.28. The minimum atomic E-state index is -0.204. The number of amides is 2. The van der Waals surface area contributed by atoms with Gasteiger partial charge < -0.3 is 10.2 Å². The minimum absolute atomic E-state index is 0.0785. The fourth-order valence-electron chi connectivity index (χ4n) is 4.25. The number of carbonyl (C=O) groups excluding carboxylic acids is 2. The van der Waals surface area contributed by atoms with Crippen molar-refractivity contribution >= 4 is 23.4 Å². The average Bonchev–Trinajstić information content (AvgIpc) is 3.14. The molecule has 2 aliphatic rings. The number of rotatable bonds is 4. The molecule has 2 atom stereocenters. The van der Waals surface area contributed by atoms with Gasteiger partial charge in [0.2, 0.25) is 0 Å². The van der Waals surface area contributed by atoms with Crippen molar-refractivity contribution in [3.63, 3.8) is 0 Å². The lowest BCUT2D eigenvalue weighted by Crippen LogP contribution is -2.34. The number of likely N-dealkylation sites (tertiary alicyclic amines) is 1. The van der Waals surface area contributed by atoms with Crippen LogP contribution in [0.2, 0.25) is 5.15 Å². The van der Waals surface area contributed by atoms with Crippen molar-refractivity contribution in [2.75, 3.05) is 19.6 Å². The summed E-state index contributed by atoms with van der Waals surface area (Å²) < 4.78 is 0. The largest absolute Gasteiger partial charge is 0.350 e. The van der Waals surface area contributed by atoms with E-state index in [0.717, 1.165) is 18.7 Å². The van der Waals surface area contributed by atoms with Crippen LogP contribution in [0.1, 0.15) is 47.2 Å². The zero-order chi connectivity index (χ0) is 20.8. The number of halogens is 1. The maximum atomic E-state index is 12.8. The highest BCUT2D eigenvalue weighted by Crippen LogP contribution is 2.51. The van der Waals surface area contributed by atoms with E-state index in [1.54, 1.807) is 18.2 Å². The van der Waals surface area contributed by atoms with E-state index < -0.39 is 0 Å². The fourth-order valence-corrected chi connectivity index (χ4v) is 4.41. The number of fused-ring (bicyclic) bond motifs is 1. The van der Waals surface area contributed by atoms with Gasteiger partial charge in [-0.15, -0.1) is 0 Å². The summed E-state index contributed by atoms with van der Waals surface area (Å²) in [5.41, 5.74) is 2.38. The van der Waals surface area contributed by atoms with Crippen LogP contribution in [-0.2, 0) is 5.41 Å². The number of hydrogen-bond acceptors (Lipinski definition) is 3. The minimum Gasteiger partial charge on any atom is -0.350 e. The average molecular weight is 412 g/mol. The van der Waals surface area contributed by atoms with Crippen molar-refractivity contribution in [3.8, 4) is 0 Å². The van der Waals surface area contributed by atoms with E-state index >= 15 is 0 Å². The fraction of sp³-hybridized carbons (Fsp3) is 0.435. The molecule has 6 heteroatoms. The molecule has 1 aromatic carbocycles. The third-order valence-corrected chi connectivity index (χ3v) is 6.31. The molecule has 2 aromatic rings. The van der Waals surface area contributed by atoms with Gasteiger partial charge in [-0.05, 0) is 53.0 Å². The molecule has 0 bridgehead atoms. The summed E-state index contributed by atoms with van der Waals surface area (Å²) in [7, 11) is 0. The number of nitrogens with one attached hydrogen (secondary N) is 1. The van der Waals surface area contributed by atoms with Crippen molar-refractivity contribution in [1.29, 1.82) is 0 Å². The van der Waals surface area contributed by atoms with Gasteiger partial charge in [-0.3, -0.25) is 9.59 Å². The lowest BCUT2D eigenvalue weighted by atomic mass is 9.86. The zero-order valence-electron chi connectivity index (χ0n) is 17.0. The van der Waals surface area contributed by atoms with Crippen LogP contribution in [0.15, 0.2) is 42.5 Å². The molecule has 1 N–H and O–H groups in total. The molecule has 5 nitrogen and oxygen atoms in total. The molecular formula is C23H26ClN3O2. The van der Waals surface area contributed by atoms with Crippen LogP contribution in [0.25, 0.3) is 0 Å². The molecule has 2 unspecified atom stereocenters. The molecule has 2 fully saturated rings. The zero-order valence-corrected chi connectivity index (χ0v) is 17.7. The van der Waals surface area contributed by atoms with Crippen molar-refractivity contribution < 1.29 is 9.59 Å². The number of pyridine rings is 1. The van der Waals surface area contributed by atoms with Gasteiger partial charge in [0.25, 0.3) is 11.8 Å². The molecule has 152 valence electrons. The summed E-state index contributed by atoms with van der Waals surface area (Å²) >= 11 is 5.84. The molecule has 29 heavy (non-hydrogen) atoms. The summed E-state index contributed by atoms with van der Waals surface area (Å²) in [6, 6.07) is 13.0. The molecule has 4 rings (SSSR count). The van der Waals surface area contributed by atoms with Crippen LogP contribution in [-0.4, -0.2) is 41.3 Å². The van der Waals surface area contributed by atoms with E-state index in [0.29, 0.717) is 35.1 Å². The summed E-state index contributed by atoms with van der Waals surface area (Å²) in [4.78, 5) is 31.0. The van der Waals surface area contributed by atoms with Gasteiger partial charge in [0.15, 0.2) is 0 Å². The SMILES string of the molecule is CC(C)(C)c1ccc(C(=O)N2CC3C(CNC(=O)c4cccc(Cl)n4)C3C2)cc1. The summed E-state index contributed by atoms with van der Waals surface area (Å²) in [5, 5.41) is 3.26. The Hall–Kier alpha value is -2.40. The second-order valence-electron chi connectivity index (χ2n) is 9.08. The Morgan fingerprint density at radius 1 is 1.10 bits per heavy atom. The number of benzene rings is 1. The standard InChI is InChI=1S/C23H26ClN3O2/c1-23(2,3)15-9-7-14(8-10-15)22(29)27-12-17-16(18(17)13-27)11-25-21(28)19-5-4-6-20(24)26-19/h4-10,16-18H,11-13H2,1-3H3,(H,25,28). The van der Waals surface area contributed by atoms with Crippen molar-refractivity contribution in [2.24, 2.45) is 17.8 Å². The van der Waals surface area contributed by atoms with Gasteiger partial charge in [-0.25, -0.2) is 4.98 Å². The van der Waals surface area contributed by atoms with E-state index in [2.05, 4.69) is 31.1 Å². The van der Waals surface area contributed by atoms with Crippen LogP contribution in [0.4, 0.5) is 0 Å². The summed E-state index contributed by atoms with van der Waals surface area (Å²) in [6.07, 6.45) is 0. The third kappa shape index (κ3) is 4.15. The molecule has 0 spiro atoms. The first-order valence-electron chi connectivity index (χ1n) is 10.0. The van der Waals surface area contributed by atoms with Crippen molar-refractivity contribution in [3.05, 3.63) is 64.4 Å². The Bertz CT molecular complexity index is 924. The molecule has 2 amide bonds. The highest BCUT2D eigenvalue weighted by molar-refractivity contribution is 6.29. The number of hydrogen-bond donors (Lipinski definition) is 1. The highest BCUT2D eigenvalue weighted by Gasteiger charge is 2.56. The molecule has 1 saturated carbocycles. The second-order valence-corrected chi connectivity index (χ2v) is 9.47. The lowest BCUT2D eigenvalue weighted by Gasteiger charge is -2.22. The smallest absolute Gasteiger partial charge is 0.269 e. The Morgan fingerprint density at radius 2 is 1.76 bits per heavy atom. The Kier molecular flexibility index (Phi) is 5.11. The third-order valence-electron chi connectivity index (χ3n) is 6.10. The number of aromatic nitrogens is 1. The molecule has 2 heterocycles. The molecular weight excluding hydrogens is 386 g/mol. The normalized spacial score (nSPS) is 22.9. The van der Waals surface area contributed by atoms with Crippen LogP contribution < -0.4 is 5.32 Å². The maximum Gasteiger partial charge on any atom is 0.269 e. The first-order chi connectivity index (χ1) is 13.7. The van der Waals surface area contributed by atoms with E-state index in [1.807, 2.05) is 29.2 Å². The van der Waals surface area contributed by atoms with Crippen molar-refractivity contribution in [2.45, 2.75) is 26.2 Å². The van der Waals surface area contributed by atoms with Crippen LogP contribution in [0.3, 0.4) is 0 Å². The predicted octanol–water partition coefficient (Wildman–Crippen LogP) is 3.78. The number of nitrogens with zero attached hydrogens (tertiary/aromatic N) is 2. The Balaban J connectivity index is 1.28. The highest BCUT2D eigenvalue weighted by atomic mass is 35.5. The summed E-state index contributed by atoms with van der Waals surface area (Å²) in [6.45, 7) is 8.64. The Labute approximate surface area is 176 Å². The van der Waals surface area contributed by atoms with Gasteiger partial charge in [0.05, 0.1) is 0 Å². The number of carbonyl (C=O) groups is 2. The van der Waals surface area contributed by atoms with Gasteiger partial charge >= 0.3 is 0 Å². The van der Waals surface area contributed by atoms with Gasteiger partial charge in [-0.2, -0.15) is 0 Å². The Morgan fingerprint density at radius 3 is 2.34 bits per heavy atom. The predicted molar refractivity (Wildman–Crippen MR) is 113 cm³/mol. The number of piperidine rings is 1. The van der Waals surface area contributed by atoms with Gasteiger partial charge in [0, 0.05) is 25.2 Å². The topological polar surface area (TPSA) is 62.3 Å². The monoisotopic (exact) mass is 411 g/mol.